The molecular weight excluding hydrogens is 366 g/mol. The highest BCUT2D eigenvalue weighted by Crippen LogP contribution is 2.15. The lowest BCUT2D eigenvalue weighted by molar-refractivity contribution is -0.125. The number of carbonyl (C=O) groups is 1. The Morgan fingerprint density at radius 1 is 0.897 bits per heavy atom. The van der Waals surface area contributed by atoms with Crippen LogP contribution >= 0.6 is 0 Å². The van der Waals surface area contributed by atoms with Gasteiger partial charge in [0, 0.05) is 38.4 Å². The quantitative estimate of drug-likeness (QED) is 0.590. The lowest BCUT2D eigenvalue weighted by Gasteiger charge is -2.36. The number of nitrogens with one attached hydrogen (secondary N) is 1. The van der Waals surface area contributed by atoms with Crippen LogP contribution in [0.15, 0.2) is 60.7 Å². The Bertz CT molecular complexity index is 704. The smallest absolute Gasteiger partial charge is 0.246 e. The van der Waals surface area contributed by atoms with Crippen molar-refractivity contribution >= 4 is 11.6 Å². The van der Waals surface area contributed by atoms with Crippen molar-refractivity contribution in [3.05, 3.63) is 60.7 Å². The van der Waals surface area contributed by atoms with E-state index in [-0.39, 0.29) is 12.5 Å². The predicted molar refractivity (Wildman–Crippen MR) is 115 cm³/mol. The van der Waals surface area contributed by atoms with E-state index in [1.165, 1.54) is 5.69 Å². The maximum absolute atomic E-state index is 11.8. The average Bonchev–Trinajstić information content (AvgIpc) is 2.78. The van der Waals surface area contributed by atoms with Crippen LogP contribution in [0.4, 0.5) is 5.69 Å². The lowest BCUT2D eigenvalue weighted by Crippen LogP contribution is -2.47. The van der Waals surface area contributed by atoms with Gasteiger partial charge in [-0.2, -0.15) is 0 Å². The molecule has 3 rings (SSSR count). The number of anilines is 1. The number of para-hydroxylation sites is 2. The highest BCUT2D eigenvalue weighted by atomic mass is 16.5. The first-order chi connectivity index (χ1) is 14.3. The number of piperazine rings is 1. The van der Waals surface area contributed by atoms with Crippen LogP contribution in [0.1, 0.15) is 6.42 Å². The molecule has 1 fully saturated rings. The average molecular weight is 398 g/mol. The zero-order chi connectivity index (χ0) is 20.2. The molecule has 0 spiro atoms. The summed E-state index contributed by atoms with van der Waals surface area (Å²) in [7, 11) is 0. The minimum Gasteiger partial charge on any atom is -0.491 e. The van der Waals surface area contributed by atoms with Crippen molar-refractivity contribution < 1.29 is 14.3 Å². The van der Waals surface area contributed by atoms with Crippen molar-refractivity contribution in [2.75, 3.05) is 64.0 Å². The van der Waals surface area contributed by atoms with E-state index in [2.05, 4.69) is 45.4 Å². The van der Waals surface area contributed by atoms with Gasteiger partial charge in [0.1, 0.15) is 19.0 Å². The highest BCUT2D eigenvalue weighted by molar-refractivity contribution is 5.77. The van der Waals surface area contributed by atoms with Crippen molar-refractivity contribution in [1.82, 2.24) is 10.2 Å². The molecule has 1 saturated heterocycles. The number of hydrogen-bond donors (Lipinski definition) is 1. The molecule has 2 aromatic carbocycles. The van der Waals surface area contributed by atoms with Crippen LogP contribution in [0.2, 0.25) is 0 Å². The molecule has 1 heterocycles. The van der Waals surface area contributed by atoms with Crippen molar-refractivity contribution in [2.45, 2.75) is 6.42 Å². The monoisotopic (exact) mass is 397 g/mol. The Morgan fingerprint density at radius 2 is 1.59 bits per heavy atom. The van der Waals surface area contributed by atoms with Gasteiger partial charge in [-0.1, -0.05) is 36.4 Å². The van der Waals surface area contributed by atoms with Crippen LogP contribution in [0.3, 0.4) is 0 Å². The van der Waals surface area contributed by atoms with Crippen LogP contribution < -0.4 is 15.0 Å². The third-order valence-corrected chi connectivity index (χ3v) is 4.94. The minimum atomic E-state index is -0.0707. The van der Waals surface area contributed by atoms with E-state index in [0.29, 0.717) is 19.8 Å². The number of amides is 1. The molecule has 0 aromatic heterocycles. The van der Waals surface area contributed by atoms with Crippen molar-refractivity contribution in [3.8, 4) is 5.75 Å². The summed E-state index contributed by atoms with van der Waals surface area (Å²) in [6.45, 7) is 6.83. The zero-order valence-electron chi connectivity index (χ0n) is 17.0. The summed E-state index contributed by atoms with van der Waals surface area (Å²) in [5, 5.41) is 2.92. The summed E-state index contributed by atoms with van der Waals surface area (Å²) in [6.07, 6.45) is 0.953. The minimum absolute atomic E-state index is 0.0707. The molecule has 0 radical (unpaired) electrons. The van der Waals surface area contributed by atoms with E-state index in [9.17, 15) is 4.79 Å². The van der Waals surface area contributed by atoms with E-state index in [1.807, 2.05) is 30.3 Å². The fraction of sp³-hybridized carbons (Fsp3) is 0.435. The summed E-state index contributed by atoms with van der Waals surface area (Å²) in [5.74, 6) is 0.740. The summed E-state index contributed by atoms with van der Waals surface area (Å²) >= 11 is 0. The van der Waals surface area contributed by atoms with E-state index in [1.54, 1.807) is 0 Å². The second-order valence-corrected chi connectivity index (χ2v) is 7.08. The number of nitrogens with zero attached hydrogens (tertiary/aromatic N) is 2. The van der Waals surface area contributed by atoms with Crippen molar-refractivity contribution in [2.24, 2.45) is 0 Å². The van der Waals surface area contributed by atoms with Gasteiger partial charge < -0.3 is 19.7 Å². The van der Waals surface area contributed by atoms with Gasteiger partial charge in [-0.3, -0.25) is 9.69 Å². The highest BCUT2D eigenvalue weighted by Gasteiger charge is 2.16. The molecule has 0 saturated carbocycles. The van der Waals surface area contributed by atoms with Gasteiger partial charge in [-0.05, 0) is 37.2 Å². The largest absolute Gasteiger partial charge is 0.491 e. The molecule has 1 amide bonds. The van der Waals surface area contributed by atoms with Gasteiger partial charge in [0.05, 0.1) is 6.61 Å². The molecule has 0 bridgehead atoms. The normalized spacial score (nSPS) is 14.6. The maximum atomic E-state index is 11.8. The van der Waals surface area contributed by atoms with Gasteiger partial charge in [0.2, 0.25) is 5.91 Å². The van der Waals surface area contributed by atoms with Gasteiger partial charge in [0.25, 0.3) is 0 Å². The Morgan fingerprint density at radius 3 is 2.31 bits per heavy atom. The molecule has 0 atom stereocenters. The number of carbonyl (C=O) groups excluding carboxylic acids is 1. The summed E-state index contributed by atoms with van der Waals surface area (Å²) in [4.78, 5) is 16.7. The third-order valence-electron chi connectivity index (χ3n) is 4.94. The zero-order valence-corrected chi connectivity index (χ0v) is 17.0. The molecule has 6 heteroatoms. The first kappa shape index (κ1) is 21.1. The second-order valence-electron chi connectivity index (χ2n) is 7.08. The van der Waals surface area contributed by atoms with Crippen LogP contribution in [-0.4, -0.2) is 69.9 Å². The standard InChI is InChI=1S/C23H31N3O3/c27-23(20-28-18-19-29-22-10-5-2-6-11-22)24-12-7-13-25-14-16-26(17-15-25)21-8-3-1-4-9-21/h1-6,8-11H,7,12-20H2,(H,24,27). The molecule has 0 unspecified atom stereocenters. The molecule has 1 aliphatic heterocycles. The van der Waals surface area contributed by atoms with E-state index in [0.717, 1.165) is 44.9 Å². The molecule has 6 nitrogen and oxygen atoms in total. The van der Waals surface area contributed by atoms with Crippen molar-refractivity contribution in [1.29, 1.82) is 0 Å². The molecule has 1 aliphatic rings. The fourth-order valence-corrected chi connectivity index (χ4v) is 3.35. The Kier molecular flexibility index (Phi) is 8.82. The lowest BCUT2D eigenvalue weighted by atomic mass is 10.2. The number of benzene rings is 2. The van der Waals surface area contributed by atoms with Gasteiger partial charge in [-0.25, -0.2) is 0 Å². The summed E-state index contributed by atoms with van der Waals surface area (Å²) in [5.41, 5.74) is 1.30. The van der Waals surface area contributed by atoms with Crippen LogP contribution in [0, 0.1) is 0 Å². The summed E-state index contributed by atoms with van der Waals surface area (Å²) < 4.78 is 10.9. The molecule has 0 aliphatic carbocycles. The number of rotatable bonds is 11. The van der Waals surface area contributed by atoms with E-state index in [4.69, 9.17) is 9.47 Å². The van der Waals surface area contributed by atoms with Gasteiger partial charge in [0.15, 0.2) is 0 Å². The number of ether oxygens (including phenoxy) is 2. The SMILES string of the molecule is O=C(COCCOc1ccccc1)NCCCN1CCN(c2ccccc2)CC1. The Labute approximate surface area is 173 Å². The first-order valence-corrected chi connectivity index (χ1v) is 10.4. The Hall–Kier alpha value is -2.57. The molecular formula is C23H31N3O3. The molecule has 2 aromatic rings. The topological polar surface area (TPSA) is 54.0 Å². The van der Waals surface area contributed by atoms with E-state index < -0.39 is 0 Å². The van der Waals surface area contributed by atoms with Gasteiger partial charge in [-0.15, -0.1) is 0 Å². The first-order valence-electron chi connectivity index (χ1n) is 10.4. The molecule has 29 heavy (non-hydrogen) atoms. The second kappa shape index (κ2) is 12.1. The third kappa shape index (κ3) is 7.75. The molecule has 156 valence electrons. The number of hydrogen-bond acceptors (Lipinski definition) is 5. The fourth-order valence-electron chi connectivity index (χ4n) is 3.35. The van der Waals surface area contributed by atoms with Crippen LogP contribution in [0.25, 0.3) is 0 Å². The van der Waals surface area contributed by atoms with Crippen LogP contribution in [0.5, 0.6) is 5.75 Å². The van der Waals surface area contributed by atoms with E-state index >= 15 is 0 Å². The molecule has 1 N–H and O–H groups in total. The van der Waals surface area contributed by atoms with Gasteiger partial charge >= 0.3 is 0 Å². The maximum Gasteiger partial charge on any atom is 0.246 e. The summed E-state index contributed by atoms with van der Waals surface area (Å²) in [6, 6.07) is 20.1. The predicted octanol–water partition coefficient (Wildman–Crippen LogP) is 2.41. The van der Waals surface area contributed by atoms with Crippen molar-refractivity contribution in [3.63, 3.8) is 0 Å². The van der Waals surface area contributed by atoms with Crippen LogP contribution in [-0.2, 0) is 9.53 Å². The Balaban J connectivity index is 1.17.